The molecule has 0 spiro atoms. The van der Waals surface area contributed by atoms with E-state index in [1.807, 2.05) is 41.8 Å². The molecule has 2 heterocycles. The lowest BCUT2D eigenvalue weighted by atomic mass is 9.87. The van der Waals surface area contributed by atoms with Crippen molar-refractivity contribution in [2.24, 2.45) is 5.92 Å². The zero-order valence-corrected chi connectivity index (χ0v) is 20.7. The van der Waals surface area contributed by atoms with E-state index in [9.17, 15) is 13.2 Å². The molecular formula is C25H29N3O3S2. The van der Waals surface area contributed by atoms with Crippen LogP contribution in [0.1, 0.15) is 39.2 Å². The Morgan fingerprint density at radius 2 is 1.67 bits per heavy atom. The summed E-state index contributed by atoms with van der Waals surface area (Å²) in [5, 5.41) is 5.83. The van der Waals surface area contributed by atoms with Crippen LogP contribution in [0.15, 0.2) is 65.0 Å². The molecule has 6 nitrogen and oxygen atoms in total. The van der Waals surface area contributed by atoms with Crippen molar-refractivity contribution in [3.63, 3.8) is 0 Å². The molecule has 1 aliphatic heterocycles. The minimum Gasteiger partial charge on any atom is -0.326 e. The summed E-state index contributed by atoms with van der Waals surface area (Å²) in [6, 6.07) is 14.8. The highest BCUT2D eigenvalue weighted by atomic mass is 32.2. The van der Waals surface area contributed by atoms with E-state index in [-0.39, 0.29) is 17.2 Å². The normalized spacial score (nSPS) is 16.0. The van der Waals surface area contributed by atoms with Gasteiger partial charge in [0.2, 0.25) is 15.9 Å². The summed E-state index contributed by atoms with van der Waals surface area (Å²) in [6.45, 7) is 6.97. The lowest BCUT2D eigenvalue weighted by molar-refractivity contribution is -0.120. The molecule has 8 heteroatoms. The Labute approximate surface area is 199 Å². The number of benzene rings is 2. The van der Waals surface area contributed by atoms with E-state index in [4.69, 9.17) is 0 Å². The molecule has 174 valence electrons. The Morgan fingerprint density at radius 3 is 2.21 bits per heavy atom. The van der Waals surface area contributed by atoms with Crippen molar-refractivity contribution in [3.8, 4) is 10.6 Å². The third kappa shape index (κ3) is 5.34. The minimum absolute atomic E-state index is 0.0326. The maximum atomic E-state index is 13.1. The van der Waals surface area contributed by atoms with Crippen LogP contribution in [0.3, 0.4) is 0 Å². The highest BCUT2D eigenvalue weighted by Crippen LogP contribution is 2.28. The van der Waals surface area contributed by atoms with Gasteiger partial charge >= 0.3 is 0 Å². The second kappa shape index (κ2) is 9.37. The summed E-state index contributed by atoms with van der Waals surface area (Å²) in [5.74, 6) is -0.276. The number of nitrogens with zero attached hydrogens (tertiary/aromatic N) is 2. The SMILES string of the molecule is CC(C)(C)c1ccc(S(=O)(=O)N2CCC(C(=O)Nc3ccc(-c4nccs4)cc3)CC2)cc1. The fraction of sp³-hybridized carbons (Fsp3) is 0.360. The lowest BCUT2D eigenvalue weighted by Gasteiger charge is -2.30. The zero-order chi connectivity index (χ0) is 23.6. The minimum atomic E-state index is -3.56. The van der Waals surface area contributed by atoms with Crippen LogP contribution in [0.2, 0.25) is 0 Å². The van der Waals surface area contributed by atoms with Gasteiger partial charge in [-0.2, -0.15) is 4.31 Å². The standard InChI is InChI=1S/C25H29N3O3S2/c1-25(2,3)20-6-10-22(11-7-20)33(30,31)28-15-12-18(13-16-28)23(29)27-21-8-4-19(5-9-21)24-26-14-17-32-24/h4-11,14,17-18H,12-13,15-16H2,1-3H3,(H,27,29). The van der Waals surface area contributed by atoms with E-state index >= 15 is 0 Å². The van der Waals surface area contributed by atoms with Gasteiger partial charge in [-0.3, -0.25) is 4.79 Å². The van der Waals surface area contributed by atoms with Crippen LogP contribution in [-0.4, -0.2) is 36.7 Å². The molecule has 3 aromatic rings. The predicted molar refractivity (Wildman–Crippen MR) is 133 cm³/mol. The quantitative estimate of drug-likeness (QED) is 0.544. The molecule has 1 fully saturated rings. The van der Waals surface area contributed by atoms with Gasteiger partial charge in [0, 0.05) is 41.8 Å². The molecule has 1 aromatic heterocycles. The molecule has 0 bridgehead atoms. The van der Waals surface area contributed by atoms with Crippen LogP contribution in [0.25, 0.3) is 10.6 Å². The molecule has 0 unspecified atom stereocenters. The number of amides is 1. The monoisotopic (exact) mass is 483 g/mol. The van der Waals surface area contributed by atoms with E-state index in [0.29, 0.717) is 30.8 Å². The number of piperidine rings is 1. The summed E-state index contributed by atoms with van der Waals surface area (Å²) in [7, 11) is -3.56. The molecule has 0 aliphatic carbocycles. The van der Waals surface area contributed by atoms with Crippen LogP contribution in [0, 0.1) is 5.92 Å². The van der Waals surface area contributed by atoms with Gasteiger partial charge in [-0.05, 0) is 60.2 Å². The van der Waals surface area contributed by atoms with Crippen molar-refractivity contribution in [1.82, 2.24) is 9.29 Å². The van der Waals surface area contributed by atoms with Crippen molar-refractivity contribution in [2.75, 3.05) is 18.4 Å². The van der Waals surface area contributed by atoms with Crippen molar-refractivity contribution in [2.45, 2.75) is 43.9 Å². The fourth-order valence-corrected chi connectivity index (χ4v) is 6.05. The molecule has 0 atom stereocenters. The predicted octanol–water partition coefficient (Wildman–Crippen LogP) is 5.15. The van der Waals surface area contributed by atoms with Crippen LogP contribution in [0.5, 0.6) is 0 Å². The Balaban J connectivity index is 1.34. The van der Waals surface area contributed by atoms with Gasteiger partial charge < -0.3 is 5.32 Å². The Kier molecular flexibility index (Phi) is 6.70. The maximum absolute atomic E-state index is 13.1. The van der Waals surface area contributed by atoms with E-state index in [1.54, 1.807) is 29.7 Å². The smallest absolute Gasteiger partial charge is 0.243 e. The molecule has 1 saturated heterocycles. The number of aromatic nitrogens is 1. The number of thiazole rings is 1. The molecule has 0 saturated carbocycles. The Hall–Kier alpha value is -2.55. The highest BCUT2D eigenvalue weighted by molar-refractivity contribution is 7.89. The van der Waals surface area contributed by atoms with Gasteiger partial charge in [0.1, 0.15) is 5.01 Å². The van der Waals surface area contributed by atoms with Crippen molar-refractivity contribution in [1.29, 1.82) is 0 Å². The first-order valence-corrected chi connectivity index (χ1v) is 13.4. The fourth-order valence-electron chi connectivity index (χ4n) is 3.94. The van der Waals surface area contributed by atoms with Crippen molar-refractivity contribution >= 4 is 33.0 Å². The average molecular weight is 484 g/mol. The largest absolute Gasteiger partial charge is 0.326 e. The number of hydrogen-bond acceptors (Lipinski definition) is 5. The second-order valence-electron chi connectivity index (χ2n) is 9.36. The summed E-state index contributed by atoms with van der Waals surface area (Å²) in [5.41, 5.74) is 2.80. The molecule has 0 radical (unpaired) electrons. The maximum Gasteiger partial charge on any atom is 0.243 e. The summed E-state index contributed by atoms with van der Waals surface area (Å²) >= 11 is 1.57. The zero-order valence-electron chi connectivity index (χ0n) is 19.1. The van der Waals surface area contributed by atoms with Gasteiger partial charge in [-0.1, -0.05) is 32.9 Å². The van der Waals surface area contributed by atoms with E-state index < -0.39 is 10.0 Å². The number of nitrogens with one attached hydrogen (secondary N) is 1. The van der Waals surface area contributed by atoms with Gasteiger partial charge in [-0.25, -0.2) is 13.4 Å². The van der Waals surface area contributed by atoms with Crippen LogP contribution in [0.4, 0.5) is 5.69 Å². The number of carbonyl (C=O) groups excluding carboxylic acids is 1. The summed E-state index contributed by atoms with van der Waals surface area (Å²) in [4.78, 5) is 17.3. The van der Waals surface area contributed by atoms with Gasteiger partial charge in [0.05, 0.1) is 4.90 Å². The van der Waals surface area contributed by atoms with E-state index in [0.717, 1.165) is 21.8 Å². The first kappa shape index (κ1) is 23.6. The van der Waals surface area contributed by atoms with E-state index in [1.165, 1.54) is 4.31 Å². The number of anilines is 1. The van der Waals surface area contributed by atoms with Gasteiger partial charge in [-0.15, -0.1) is 11.3 Å². The van der Waals surface area contributed by atoms with Gasteiger partial charge in [0.15, 0.2) is 0 Å². The van der Waals surface area contributed by atoms with Crippen LogP contribution in [-0.2, 0) is 20.2 Å². The number of hydrogen-bond donors (Lipinski definition) is 1. The Morgan fingerprint density at radius 1 is 1.03 bits per heavy atom. The molecule has 33 heavy (non-hydrogen) atoms. The second-order valence-corrected chi connectivity index (χ2v) is 12.2. The van der Waals surface area contributed by atoms with E-state index in [2.05, 4.69) is 31.1 Å². The molecular weight excluding hydrogens is 454 g/mol. The van der Waals surface area contributed by atoms with Crippen LogP contribution >= 0.6 is 11.3 Å². The third-order valence-corrected chi connectivity index (χ3v) is 8.75. The first-order chi connectivity index (χ1) is 15.6. The molecule has 1 N–H and O–H groups in total. The molecule has 1 amide bonds. The molecule has 2 aromatic carbocycles. The number of sulfonamides is 1. The van der Waals surface area contributed by atoms with Crippen molar-refractivity contribution in [3.05, 3.63) is 65.7 Å². The van der Waals surface area contributed by atoms with Gasteiger partial charge in [0.25, 0.3) is 0 Å². The highest BCUT2D eigenvalue weighted by Gasteiger charge is 2.32. The van der Waals surface area contributed by atoms with Crippen LogP contribution < -0.4 is 5.32 Å². The summed E-state index contributed by atoms with van der Waals surface area (Å²) in [6.07, 6.45) is 2.77. The first-order valence-electron chi connectivity index (χ1n) is 11.1. The van der Waals surface area contributed by atoms with Crippen molar-refractivity contribution < 1.29 is 13.2 Å². The average Bonchev–Trinajstić information content (AvgIpc) is 3.34. The summed E-state index contributed by atoms with van der Waals surface area (Å²) < 4.78 is 27.6. The molecule has 1 aliphatic rings. The topological polar surface area (TPSA) is 79.4 Å². The number of rotatable bonds is 5. The molecule has 4 rings (SSSR count). The lowest BCUT2D eigenvalue weighted by Crippen LogP contribution is -2.41. The third-order valence-electron chi connectivity index (χ3n) is 6.01. The number of carbonyl (C=O) groups is 1. The Bertz CT molecular complexity index is 1190.